The first kappa shape index (κ1) is 12.8. The van der Waals surface area contributed by atoms with Crippen LogP contribution in [0.3, 0.4) is 0 Å². The Morgan fingerprint density at radius 1 is 1.28 bits per heavy atom. The number of halogens is 1. The summed E-state index contributed by atoms with van der Waals surface area (Å²) in [5, 5.41) is 9.02. The fraction of sp³-hybridized carbons (Fsp3) is 0.364. The third kappa shape index (κ3) is 2.61. The lowest BCUT2D eigenvalue weighted by molar-refractivity contribution is 0.0697. The van der Waals surface area contributed by atoms with Crippen LogP contribution in [0.2, 0.25) is 0 Å². The molecule has 0 unspecified atom stereocenters. The van der Waals surface area contributed by atoms with Gasteiger partial charge in [-0.1, -0.05) is 0 Å². The second kappa shape index (κ2) is 4.56. The number of hydrogen-bond acceptors (Lipinski definition) is 4. The monoisotopic (exact) mass is 273 g/mol. The molecular formula is C11H12FNO4S. The molecule has 1 saturated heterocycles. The summed E-state index contributed by atoms with van der Waals surface area (Å²) < 4.78 is 35.8. The van der Waals surface area contributed by atoms with Gasteiger partial charge in [-0.2, -0.15) is 0 Å². The number of anilines is 1. The number of carboxylic acid groups (broad SMARTS) is 1. The molecule has 1 heterocycles. The third-order valence-corrected chi connectivity index (χ3v) is 4.48. The molecule has 98 valence electrons. The number of carboxylic acids is 1. The summed E-state index contributed by atoms with van der Waals surface area (Å²) in [5.41, 5.74) is 0.216. The highest BCUT2D eigenvalue weighted by Gasteiger charge is 2.25. The molecule has 1 fully saturated rings. The Morgan fingerprint density at radius 3 is 2.44 bits per heavy atom. The van der Waals surface area contributed by atoms with Crippen molar-refractivity contribution in [2.45, 2.75) is 0 Å². The lowest BCUT2D eigenvalue weighted by atomic mass is 10.1. The highest BCUT2D eigenvalue weighted by atomic mass is 32.2. The van der Waals surface area contributed by atoms with Crippen LogP contribution < -0.4 is 4.90 Å². The van der Waals surface area contributed by atoms with Gasteiger partial charge in [-0.3, -0.25) is 0 Å². The van der Waals surface area contributed by atoms with E-state index in [4.69, 9.17) is 5.11 Å². The summed E-state index contributed by atoms with van der Waals surface area (Å²) in [4.78, 5) is 12.6. The molecule has 1 N–H and O–H groups in total. The zero-order valence-electron chi connectivity index (χ0n) is 9.47. The zero-order chi connectivity index (χ0) is 13.3. The number of carbonyl (C=O) groups is 1. The maximum Gasteiger partial charge on any atom is 0.337 e. The second-order valence-electron chi connectivity index (χ2n) is 4.11. The van der Waals surface area contributed by atoms with E-state index in [1.54, 1.807) is 4.90 Å². The Bertz CT molecular complexity index is 571. The molecule has 2 rings (SSSR count). The van der Waals surface area contributed by atoms with Crippen molar-refractivity contribution < 1.29 is 22.7 Å². The molecule has 1 aliphatic heterocycles. The van der Waals surface area contributed by atoms with Crippen LogP contribution in [0.25, 0.3) is 0 Å². The Kier molecular flexibility index (Phi) is 3.25. The second-order valence-corrected chi connectivity index (χ2v) is 6.41. The van der Waals surface area contributed by atoms with Crippen molar-refractivity contribution in [3.63, 3.8) is 0 Å². The first-order valence-electron chi connectivity index (χ1n) is 5.37. The van der Waals surface area contributed by atoms with E-state index in [1.807, 2.05) is 0 Å². The average molecular weight is 273 g/mol. The van der Waals surface area contributed by atoms with Gasteiger partial charge in [0.15, 0.2) is 9.84 Å². The van der Waals surface area contributed by atoms with Crippen molar-refractivity contribution in [3.8, 4) is 0 Å². The molecule has 0 spiro atoms. The van der Waals surface area contributed by atoms with Gasteiger partial charge in [-0.15, -0.1) is 0 Å². The normalized spacial score (nSPS) is 18.6. The van der Waals surface area contributed by atoms with E-state index in [1.165, 1.54) is 6.07 Å². The molecule has 0 atom stereocenters. The molecule has 1 aromatic carbocycles. The molecular weight excluding hydrogens is 261 g/mol. The van der Waals surface area contributed by atoms with E-state index in [0.717, 1.165) is 12.1 Å². The van der Waals surface area contributed by atoms with E-state index in [9.17, 15) is 17.6 Å². The summed E-state index contributed by atoms with van der Waals surface area (Å²) in [7, 11) is -3.05. The van der Waals surface area contributed by atoms with Gasteiger partial charge in [-0.25, -0.2) is 17.6 Å². The van der Waals surface area contributed by atoms with E-state index in [0.29, 0.717) is 0 Å². The van der Waals surface area contributed by atoms with E-state index < -0.39 is 21.6 Å². The van der Waals surface area contributed by atoms with Gasteiger partial charge in [0.2, 0.25) is 0 Å². The van der Waals surface area contributed by atoms with Crippen LogP contribution in [0.15, 0.2) is 18.2 Å². The lowest BCUT2D eigenvalue weighted by Crippen LogP contribution is -2.41. The SMILES string of the molecule is O=C(O)c1ccc(F)cc1N1CCS(=O)(=O)CC1. The third-order valence-electron chi connectivity index (χ3n) is 2.88. The molecule has 0 aliphatic carbocycles. The Labute approximate surface area is 104 Å². The summed E-state index contributed by atoms with van der Waals surface area (Å²) in [5.74, 6) is -1.77. The van der Waals surface area contributed by atoms with Crippen molar-refractivity contribution in [1.82, 2.24) is 0 Å². The molecule has 0 bridgehead atoms. The van der Waals surface area contributed by atoms with Crippen LogP contribution in [-0.2, 0) is 9.84 Å². The number of sulfone groups is 1. The minimum Gasteiger partial charge on any atom is -0.478 e. The van der Waals surface area contributed by atoms with E-state index in [-0.39, 0.29) is 35.8 Å². The Hall–Kier alpha value is -1.63. The van der Waals surface area contributed by atoms with Crippen molar-refractivity contribution >= 4 is 21.5 Å². The first-order chi connectivity index (χ1) is 8.39. The minimum atomic E-state index is -3.05. The minimum absolute atomic E-state index is 0.0179. The molecule has 0 radical (unpaired) electrons. The zero-order valence-corrected chi connectivity index (χ0v) is 10.3. The summed E-state index contributed by atoms with van der Waals surface area (Å²) in [6.45, 7) is 0.373. The van der Waals surface area contributed by atoms with Gasteiger partial charge < -0.3 is 10.0 Å². The maximum atomic E-state index is 13.2. The fourth-order valence-electron chi connectivity index (χ4n) is 1.90. The van der Waals surface area contributed by atoms with Gasteiger partial charge in [0.1, 0.15) is 5.82 Å². The Morgan fingerprint density at radius 2 is 1.89 bits per heavy atom. The van der Waals surface area contributed by atoms with Gasteiger partial charge in [0.05, 0.1) is 22.8 Å². The molecule has 1 aromatic rings. The smallest absolute Gasteiger partial charge is 0.337 e. The summed E-state index contributed by atoms with van der Waals surface area (Å²) >= 11 is 0. The van der Waals surface area contributed by atoms with Crippen molar-refractivity contribution in [2.75, 3.05) is 29.5 Å². The number of nitrogens with zero attached hydrogens (tertiary/aromatic N) is 1. The fourth-order valence-corrected chi connectivity index (χ4v) is 3.10. The van der Waals surface area contributed by atoms with Gasteiger partial charge in [0.25, 0.3) is 0 Å². The molecule has 7 heteroatoms. The van der Waals surface area contributed by atoms with Crippen molar-refractivity contribution in [2.24, 2.45) is 0 Å². The maximum absolute atomic E-state index is 13.2. The average Bonchev–Trinajstić information content (AvgIpc) is 2.28. The highest BCUT2D eigenvalue weighted by molar-refractivity contribution is 7.91. The molecule has 1 aliphatic rings. The first-order valence-corrected chi connectivity index (χ1v) is 7.19. The molecule has 5 nitrogen and oxygen atoms in total. The van der Waals surface area contributed by atoms with Crippen LogP contribution in [0, 0.1) is 5.82 Å². The largest absolute Gasteiger partial charge is 0.478 e. The molecule has 0 amide bonds. The quantitative estimate of drug-likeness (QED) is 0.861. The number of hydrogen-bond donors (Lipinski definition) is 1. The number of rotatable bonds is 2. The summed E-state index contributed by atoms with van der Waals surface area (Å²) in [6, 6.07) is 3.39. The van der Waals surface area contributed by atoms with Crippen LogP contribution in [-0.4, -0.2) is 44.1 Å². The van der Waals surface area contributed by atoms with Gasteiger partial charge in [-0.05, 0) is 18.2 Å². The standard InChI is InChI=1S/C11H12FNO4S/c12-8-1-2-9(11(14)15)10(7-8)13-3-5-18(16,17)6-4-13/h1-2,7H,3-6H2,(H,14,15). The van der Waals surface area contributed by atoms with Crippen LogP contribution in [0.1, 0.15) is 10.4 Å². The highest BCUT2D eigenvalue weighted by Crippen LogP contribution is 2.23. The molecule has 0 saturated carbocycles. The Balaban J connectivity index is 2.33. The molecule has 18 heavy (non-hydrogen) atoms. The number of benzene rings is 1. The van der Waals surface area contributed by atoms with Gasteiger partial charge in [0, 0.05) is 13.1 Å². The topological polar surface area (TPSA) is 74.7 Å². The lowest BCUT2D eigenvalue weighted by Gasteiger charge is -2.29. The summed E-state index contributed by atoms with van der Waals surface area (Å²) in [6.07, 6.45) is 0. The van der Waals surface area contributed by atoms with E-state index >= 15 is 0 Å². The predicted octanol–water partition coefficient (Wildman–Crippen LogP) is 0.759. The van der Waals surface area contributed by atoms with Crippen LogP contribution >= 0.6 is 0 Å². The van der Waals surface area contributed by atoms with Crippen molar-refractivity contribution in [3.05, 3.63) is 29.6 Å². The van der Waals surface area contributed by atoms with Gasteiger partial charge >= 0.3 is 5.97 Å². The van der Waals surface area contributed by atoms with Crippen molar-refractivity contribution in [1.29, 1.82) is 0 Å². The van der Waals surface area contributed by atoms with Crippen LogP contribution in [0.4, 0.5) is 10.1 Å². The predicted molar refractivity (Wildman–Crippen MR) is 64.2 cm³/mol. The van der Waals surface area contributed by atoms with Crippen LogP contribution in [0.5, 0.6) is 0 Å². The number of aromatic carboxylic acids is 1. The molecule has 0 aromatic heterocycles. The van der Waals surface area contributed by atoms with E-state index in [2.05, 4.69) is 0 Å².